The Kier molecular flexibility index (Phi) is 4.10. The Labute approximate surface area is 160 Å². The molecule has 4 aromatic rings. The van der Waals surface area contributed by atoms with Crippen molar-refractivity contribution in [3.05, 3.63) is 126 Å². The summed E-state index contributed by atoms with van der Waals surface area (Å²) in [5.74, 6) is 0.876. The third kappa shape index (κ3) is 2.98. The monoisotopic (exact) mass is 346 g/mol. The van der Waals surface area contributed by atoms with Crippen molar-refractivity contribution in [3.8, 4) is 0 Å². The highest BCUT2D eigenvalue weighted by Gasteiger charge is 2.31. The molecule has 130 valence electrons. The number of allylic oxidation sites excluding steroid dienone is 2. The quantitative estimate of drug-likeness (QED) is 0.368. The summed E-state index contributed by atoms with van der Waals surface area (Å²) in [6.45, 7) is 0. The number of fused-ring (bicyclic) bond motifs is 1. The first-order valence-corrected chi connectivity index (χ1v) is 9.69. The van der Waals surface area contributed by atoms with Crippen molar-refractivity contribution in [1.82, 2.24) is 0 Å². The molecule has 0 heteroatoms. The molecule has 2 atom stereocenters. The number of benzene rings is 4. The van der Waals surface area contributed by atoms with Crippen molar-refractivity contribution in [2.45, 2.75) is 18.3 Å². The fourth-order valence-electron chi connectivity index (χ4n) is 4.50. The van der Waals surface area contributed by atoms with Crippen molar-refractivity contribution in [3.63, 3.8) is 0 Å². The molecular formula is C27H22. The van der Waals surface area contributed by atoms with Crippen LogP contribution >= 0.6 is 0 Å². The second-order valence-electron chi connectivity index (χ2n) is 7.37. The molecule has 4 aromatic carbocycles. The van der Waals surface area contributed by atoms with Gasteiger partial charge in [0.2, 0.25) is 0 Å². The van der Waals surface area contributed by atoms with Crippen molar-refractivity contribution in [2.75, 3.05) is 0 Å². The first kappa shape index (κ1) is 16.1. The van der Waals surface area contributed by atoms with Gasteiger partial charge in [0, 0.05) is 5.92 Å². The number of rotatable bonds is 3. The molecule has 0 aliphatic heterocycles. The molecule has 1 aliphatic rings. The van der Waals surface area contributed by atoms with E-state index in [1.807, 2.05) is 0 Å². The third-order valence-electron chi connectivity index (χ3n) is 5.81. The molecule has 0 unspecified atom stereocenters. The zero-order valence-electron chi connectivity index (χ0n) is 15.3. The molecule has 0 N–H and O–H groups in total. The zero-order chi connectivity index (χ0) is 18.1. The summed E-state index contributed by atoms with van der Waals surface area (Å²) in [5.41, 5.74) is 5.68. The van der Waals surface area contributed by atoms with E-state index in [1.165, 1.54) is 33.0 Å². The van der Waals surface area contributed by atoms with Crippen LogP contribution in [0.4, 0.5) is 0 Å². The van der Waals surface area contributed by atoms with Gasteiger partial charge in [-0.2, -0.15) is 0 Å². The van der Waals surface area contributed by atoms with E-state index in [0.717, 1.165) is 6.42 Å². The van der Waals surface area contributed by atoms with Crippen LogP contribution < -0.4 is 0 Å². The summed E-state index contributed by atoms with van der Waals surface area (Å²) in [6.07, 6.45) is 3.59. The molecule has 0 aromatic heterocycles. The van der Waals surface area contributed by atoms with Gasteiger partial charge in [0.15, 0.2) is 0 Å². The van der Waals surface area contributed by atoms with Gasteiger partial charge in [-0.05, 0) is 45.4 Å². The summed E-state index contributed by atoms with van der Waals surface area (Å²) < 4.78 is 0. The predicted octanol–water partition coefficient (Wildman–Crippen LogP) is 7.19. The van der Waals surface area contributed by atoms with Gasteiger partial charge in [0.05, 0.1) is 0 Å². The molecule has 0 radical (unpaired) electrons. The van der Waals surface area contributed by atoms with E-state index in [-0.39, 0.29) is 0 Å². The standard InChI is InChI=1S/C27H22/c1-3-10-20(11-4-1)23-18-26(22-12-5-2-6-13-22)27(19-23)25-17-9-15-21-14-7-8-16-24(21)25/h1-17,19,26-27H,18H2/t26-,27+/m1/s1. The molecule has 0 saturated carbocycles. The molecule has 0 fully saturated rings. The summed E-state index contributed by atoms with van der Waals surface area (Å²) in [5, 5.41) is 2.69. The lowest BCUT2D eigenvalue weighted by Crippen LogP contribution is -2.05. The lowest BCUT2D eigenvalue weighted by molar-refractivity contribution is 0.672. The van der Waals surface area contributed by atoms with E-state index in [1.54, 1.807) is 0 Å². The van der Waals surface area contributed by atoms with E-state index in [0.29, 0.717) is 11.8 Å². The molecule has 0 heterocycles. The zero-order valence-corrected chi connectivity index (χ0v) is 15.3. The van der Waals surface area contributed by atoms with Crippen molar-refractivity contribution < 1.29 is 0 Å². The Balaban J connectivity index is 1.66. The van der Waals surface area contributed by atoms with Crippen molar-refractivity contribution >= 4 is 16.3 Å². The van der Waals surface area contributed by atoms with Crippen LogP contribution in [-0.4, -0.2) is 0 Å². The van der Waals surface area contributed by atoms with Crippen LogP contribution in [0.3, 0.4) is 0 Å². The molecular weight excluding hydrogens is 324 g/mol. The van der Waals surface area contributed by atoms with Gasteiger partial charge in [-0.15, -0.1) is 0 Å². The minimum Gasteiger partial charge on any atom is -0.0725 e. The van der Waals surface area contributed by atoms with Crippen LogP contribution in [0.1, 0.15) is 34.9 Å². The molecule has 0 amide bonds. The topological polar surface area (TPSA) is 0 Å². The SMILES string of the molecule is C1=C(c2ccccc2)C[C@H](c2ccccc2)[C@@H]1c1cccc2ccccc12. The molecule has 0 saturated heterocycles. The molecule has 1 aliphatic carbocycles. The van der Waals surface area contributed by atoms with E-state index >= 15 is 0 Å². The fraction of sp³-hybridized carbons (Fsp3) is 0.111. The van der Waals surface area contributed by atoms with Gasteiger partial charge in [0.1, 0.15) is 0 Å². The van der Waals surface area contributed by atoms with Gasteiger partial charge in [0.25, 0.3) is 0 Å². The predicted molar refractivity (Wildman–Crippen MR) is 115 cm³/mol. The smallest absolute Gasteiger partial charge is 0.0102 e. The Hall–Kier alpha value is -3.12. The van der Waals surface area contributed by atoms with Gasteiger partial charge in [-0.1, -0.05) is 109 Å². The number of hydrogen-bond acceptors (Lipinski definition) is 0. The highest BCUT2D eigenvalue weighted by molar-refractivity contribution is 5.87. The van der Waals surface area contributed by atoms with Crippen LogP contribution in [0.25, 0.3) is 16.3 Å². The van der Waals surface area contributed by atoms with Gasteiger partial charge >= 0.3 is 0 Å². The maximum atomic E-state index is 2.51. The Morgan fingerprint density at radius 3 is 2.07 bits per heavy atom. The minimum absolute atomic E-state index is 0.397. The minimum atomic E-state index is 0.397. The molecule has 0 bridgehead atoms. The Morgan fingerprint density at radius 2 is 1.26 bits per heavy atom. The van der Waals surface area contributed by atoms with Crippen molar-refractivity contribution in [2.24, 2.45) is 0 Å². The fourth-order valence-corrected chi connectivity index (χ4v) is 4.50. The van der Waals surface area contributed by atoms with Gasteiger partial charge in [-0.3, -0.25) is 0 Å². The maximum absolute atomic E-state index is 2.51. The average molecular weight is 346 g/mol. The van der Waals surface area contributed by atoms with Crippen LogP contribution in [-0.2, 0) is 0 Å². The Bertz CT molecular complexity index is 1090. The van der Waals surface area contributed by atoms with E-state index in [2.05, 4.69) is 109 Å². The van der Waals surface area contributed by atoms with Crippen LogP contribution in [0.5, 0.6) is 0 Å². The van der Waals surface area contributed by atoms with Crippen LogP contribution in [0.15, 0.2) is 109 Å². The van der Waals surface area contributed by atoms with Gasteiger partial charge in [-0.25, -0.2) is 0 Å². The molecule has 0 spiro atoms. The summed E-state index contributed by atoms with van der Waals surface area (Å²) >= 11 is 0. The maximum Gasteiger partial charge on any atom is 0.0102 e. The highest BCUT2D eigenvalue weighted by atomic mass is 14.3. The highest BCUT2D eigenvalue weighted by Crippen LogP contribution is 2.49. The first-order chi connectivity index (χ1) is 13.4. The summed E-state index contributed by atoms with van der Waals surface area (Å²) in [4.78, 5) is 0. The van der Waals surface area contributed by atoms with E-state index in [4.69, 9.17) is 0 Å². The largest absolute Gasteiger partial charge is 0.0725 e. The van der Waals surface area contributed by atoms with E-state index < -0.39 is 0 Å². The van der Waals surface area contributed by atoms with Gasteiger partial charge < -0.3 is 0 Å². The first-order valence-electron chi connectivity index (χ1n) is 9.69. The second-order valence-corrected chi connectivity index (χ2v) is 7.37. The van der Waals surface area contributed by atoms with E-state index in [9.17, 15) is 0 Å². The molecule has 0 nitrogen and oxygen atoms in total. The lowest BCUT2D eigenvalue weighted by Gasteiger charge is -2.22. The Morgan fingerprint density at radius 1 is 0.593 bits per heavy atom. The van der Waals surface area contributed by atoms with Crippen LogP contribution in [0.2, 0.25) is 0 Å². The van der Waals surface area contributed by atoms with Crippen molar-refractivity contribution in [1.29, 1.82) is 0 Å². The second kappa shape index (κ2) is 6.89. The third-order valence-corrected chi connectivity index (χ3v) is 5.81. The lowest BCUT2D eigenvalue weighted by atomic mass is 9.82. The summed E-state index contributed by atoms with van der Waals surface area (Å²) in [7, 11) is 0. The normalized spacial score (nSPS) is 19.2. The number of hydrogen-bond donors (Lipinski definition) is 0. The summed E-state index contributed by atoms with van der Waals surface area (Å²) in [6, 6.07) is 37.3. The van der Waals surface area contributed by atoms with Crippen LogP contribution in [0, 0.1) is 0 Å². The molecule has 5 rings (SSSR count). The molecule has 27 heavy (non-hydrogen) atoms. The average Bonchev–Trinajstić information content (AvgIpc) is 3.20.